The predicted molar refractivity (Wildman–Crippen MR) is 64.3 cm³/mol. The molecule has 0 N–H and O–H groups in total. The lowest BCUT2D eigenvalue weighted by Gasteiger charge is -2.01. The molecule has 0 atom stereocenters. The third kappa shape index (κ3) is 1.71. The van der Waals surface area contributed by atoms with Gasteiger partial charge in [0.1, 0.15) is 0 Å². The number of para-hydroxylation sites is 1. The highest BCUT2D eigenvalue weighted by atomic mass is 16.5. The SMILES string of the molecule is CCOC(=O)c1c(C=O)n(C)c2ccccc12. The van der Waals surface area contributed by atoms with Crippen molar-refractivity contribution in [3.05, 3.63) is 35.5 Å². The van der Waals surface area contributed by atoms with Gasteiger partial charge in [-0.15, -0.1) is 0 Å². The van der Waals surface area contributed by atoms with Gasteiger partial charge in [-0.3, -0.25) is 4.79 Å². The molecule has 0 radical (unpaired) electrons. The predicted octanol–water partition coefficient (Wildman–Crippen LogP) is 2.17. The Morgan fingerprint density at radius 1 is 1.41 bits per heavy atom. The zero-order valence-corrected chi connectivity index (χ0v) is 9.77. The van der Waals surface area contributed by atoms with Gasteiger partial charge < -0.3 is 9.30 Å². The number of hydrogen-bond donors (Lipinski definition) is 0. The highest BCUT2D eigenvalue weighted by molar-refractivity contribution is 6.10. The number of carbonyl (C=O) groups is 2. The molecule has 0 spiro atoms. The second-order valence-corrected chi connectivity index (χ2v) is 3.67. The lowest BCUT2D eigenvalue weighted by atomic mass is 10.1. The normalized spacial score (nSPS) is 10.5. The minimum absolute atomic E-state index is 0.292. The molecule has 1 aromatic carbocycles. The molecule has 1 heterocycles. The monoisotopic (exact) mass is 231 g/mol. The molecule has 0 saturated heterocycles. The molecule has 0 fully saturated rings. The third-order valence-electron chi connectivity index (χ3n) is 2.74. The maximum atomic E-state index is 11.9. The largest absolute Gasteiger partial charge is 0.462 e. The second-order valence-electron chi connectivity index (χ2n) is 3.67. The number of aromatic nitrogens is 1. The van der Waals surface area contributed by atoms with Crippen LogP contribution in [0, 0.1) is 0 Å². The van der Waals surface area contributed by atoms with Crippen LogP contribution in [-0.2, 0) is 11.8 Å². The van der Waals surface area contributed by atoms with Crippen molar-refractivity contribution in [1.82, 2.24) is 4.57 Å². The molecular weight excluding hydrogens is 218 g/mol. The molecule has 0 amide bonds. The fourth-order valence-corrected chi connectivity index (χ4v) is 1.97. The molecule has 2 rings (SSSR count). The molecule has 88 valence electrons. The Kier molecular flexibility index (Phi) is 2.95. The summed E-state index contributed by atoms with van der Waals surface area (Å²) in [5.41, 5.74) is 1.54. The number of rotatable bonds is 3. The molecule has 2 aromatic rings. The van der Waals surface area contributed by atoms with Crippen LogP contribution in [0.5, 0.6) is 0 Å². The fraction of sp³-hybridized carbons (Fsp3) is 0.231. The number of esters is 1. The van der Waals surface area contributed by atoms with Gasteiger partial charge in [0, 0.05) is 18.0 Å². The minimum Gasteiger partial charge on any atom is -0.462 e. The summed E-state index contributed by atoms with van der Waals surface area (Å²) in [6.07, 6.45) is 0.687. The average Bonchev–Trinajstić information content (AvgIpc) is 2.63. The van der Waals surface area contributed by atoms with E-state index in [1.54, 1.807) is 18.5 Å². The highest BCUT2D eigenvalue weighted by Crippen LogP contribution is 2.24. The zero-order valence-electron chi connectivity index (χ0n) is 9.77. The number of carbonyl (C=O) groups excluding carboxylic acids is 2. The second kappa shape index (κ2) is 4.41. The summed E-state index contributed by atoms with van der Waals surface area (Å²) >= 11 is 0. The van der Waals surface area contributed by atoms with Crippen molar-refractivity contribution in [3.8, 4) is 0 Å². The van der Waals surface area contributed by atoms with Crippen LogP contribution in [0.4, 0.5) is 0 Å². The van der Waals surface area contributed by atoms with E-state index in [1.165, 1.54) is 0 Å². The lowest BCUT2D eigenvalue weighted by molar-refractivity contribution is 0.0526. The molecule has 0 aliphatic carbocycles. The molecule has 1 aromatic heterocycles. The fourth-order valence-electron chi connectivity index (χ4n) is 1.97. The van der Waals surface area contributed by atoms with Crippen LogP contribution >= 0.6 is 0 Å². The first kappa shape index (κ1) is 11.4. The van der Waals surface area contributed by atoms with E-state index in [0.29, 0.717) is 24.2 Å². The van der Waals surface area contributed by atoms with Gasteiger partial charge in [-0.2, -0.15) is 0 Å². The van der Waals surface area contributed by atoms with Gasteiger partial charge in [0.25, 0.3) is 0 Å². The van der Waals surface area contributed by atoms with E-state index in [0.717, 1.165) is 10.9 Å². The van der Waals surface area contributed by atoms with E-state index in [-0.39, 0.29) is 0 Å². The average molecular weight is 231 g/mol. The summed E-state index contributed by atoms with van der Waals surface area (Å²) in [6.45, 7) is 2.03. The van der Waals surface area contributed by atoms with Crippen LogP contribution in [0.2, 0.25) is 0 Å². The van der Waals surface area contributed by atoms with E-state index in [1.807, 2.05) is 24.3 Å². The van der Waals surface area contributed by atoms with Gasteiger partial charge in [0.2, 0.25) is 0 Å². The Balaban J connectivity index is 2.75. The van der Waals surface area contributed by atoms with Crippen molar-refractivity contribution in [2.24, 2.45) is 7.05 Å². The van der Waals surface area contributed by atoms with Crippen LogP contribution in [0.25, 0.3) is 10.9 Å². The molecule has 0 bridgehead atoms. The van der Waals surface area contributed by atoms with Crippen LogP contribution in [0.15, 0.2) is 24.3 Å². The van der Waals surface area contributed by atoms with Crippen LogP contribution in [-0.4, -0.2) is 23.4 Å². The Hall–Kier alpha value is -2.10. The van der Waals surface area contributed by atoms with Gasteiger partial charge in [-0.05, 0) is 13.0 Å². The summed E-state index contributed by atoms with van der Waals surface area (Å²) in [7, 11) is 1.76. The number of hydrogen-bond acceptors (Lipinski definition) is 3. The number of nitrogens with zero attached hydrogens (tertiary/aromatic N) is 1. The summed E-state index contributed by atoms with van der Waals surface area (Å²) in [5.74, 6) is -0.452. The van der Waals surface area contributed by atoms with Gasteiger partial charge in [-0.25, -0.2) is 4.79 Å². The molecular formula is C13H13NO3. The molecule has 17 heavy (non-hydrogen) atoms. The summed E-state index contributed by atoms with van der Waals surface area (Å²) in [5, 5.41) is 0.746. The highest BCUT2D eigenvalue weighted by Gasteiger charge is 2.21. The van der Waals surface area contributed by atoms with E-state index < -0.39 is 5.97 Å². The van der Waals surface area contributed by atoms with Gasteiger partial charge in [-0.1, -0.05) is 18.2 Å². The molecule has 0 aliphatic rings. The number of ether oxygens (including phenoxy) is 1. The summed E-state index contributed by atoms with van der Waals surface area (Å²) in [4.78, 5) is 23.0. The van der Waals surface area contributed by atoms with E-state index in [2.05, 4.69) is 0 Å². The summed E-state index contributed by atoms with van der Waals surface area (Å²) < 4.78 is 6.68. The maximum absolute atomic E-state index is 11.9. The van der Waals surface area contributed by atoms with Crippen molar-refractivity contribution in [3.63, 3.8) is 0 Å². The van der Waals surface area contributed by atoms with E-state index >= 15 is 0 Å². The number of aryl methyl sites for hydroxylation is 1. The number of fused-ring (bicyclic) bond motifs is 1. The van der Waals surface area contributed by atoms with Crippen LogP contribution < -0.4 is 0 Å². The molecule has 4 heteroatoms. The zero-order chi connectivity index (χ0) is 12.4. The molecule has 0 saturated carbocycles. The Morgan fingerprint density at radius 3 is 2.76 bits per heavy atom. The molecule has 0 unspecified atom stereocenters. The van der Waals surface area contributed by atoms with Crippen molar-refractivity contribution < 1.29 is 14.3 Å². The van der Waals surface area contributed by atoms with Crippen LogP contribution in [0.1, 0.15) is 27.8 Å². The summed E-state index contributed by atoms with van der Waals surface area (Å²) in [6, 6.07) is 7.38. The Bertz CT molecular complexity index is 584. The lowest BCUT2D eigenvalue weighted by Crippen LogP contribution is -2.08. The first-order chi connectivity index (χ1) is 8.20. The molecule has 4 nitrogen and oxygen atoms in total. The van der Waals surface area contributed by atoms with Gasteiger partial charge in [0.15, 0.2) is 6.29 Å². The Labute approximate surface area is 98.8 Å². The third-order valence-corrected chi connectivity index (χ3v) is 2.74. The van der Waals surface area contributed by atoms with Crippen molar-refractivity contribution >= 4 is 23.2 Å². The first-order valence-corrected chi connectivity index (χ1v) is 5.40. The standard InChI is InChI=1S/C13H13NO3/c1-3-17-13(16)12-9-6-4-5-7-10(9)14(2)11(12)8-15/h4-8H,3H2,1-2H3. The van der Waals surface area contributed by atoms with Crippen LogP contribution in [0.3, 0.4) is 0 Å². The maximum Gasteiger partial charge on any atom is 0.341 e. The Morgan fingerprint density at radius 2 is 2.12 bits per heavy atom. The minimum atomic E-state index is -0.452. The van der Waals surface area contributed by atoms with E-state index in [9.17, 15) is 9.59 Å². The smallest absolute Gasteiger partial charge is 0.341 e. The number of aldehydes is 1. The van der Waals surface area contributed by atoms with Gasteiger partial charge >= 0.3 is 5.97 Å². The van der Waals surface area contributed by atoms with Crippen molar-refractivity contribution in [2.75, 3.05) is 6.61 Å². The van der Waals surface area contributed by atoms with E-state index in [4.69, 9.17) is 4.74 Å². The quantitative estimate of drug-likeness (QED) is 0.600. The first-order valence-electron chi connectivity index (χ1n) is 5.40. The van der Waals surface area contributed by atoms with Crippen molar-refractivity contribution in [1.29, 1.82) is 0 Å². The van der Waals surface area contributed by atoms with Crippen molar-refractivity contribution in [2.45, 2.75) is 6.92 Å². The number of benzene rings is 1. The molecule has 0 aliphatic heterocycles. The van der Waals surface area contributed by atoms with Gasteiger partial charge in [0.05, 0.1) is 17.9 Å². The topological polar surface area (TPSA) is 48.3 Å².